The third-order valence-electron chi connectivity index (χ3n) is 2.33. The number of carbonyl (C=O) groups is 1. The fourth-order valence-corrected chi connectivity index (χ4v) is 2.37. The predicted molar refractivity (Wildman–Crippen MR) is 64.8 cm³/mol. The van der Waals surface area contributed by atoms with E-state index < -0.39 is 5.97 Å². The van der Waals surface area contributed by atoms with Gasteiger partial charge >= 0.3 is 5.97 Å². The summed E-state index contributed by atoms with van der Waals surface area (Å²) in [5.41, 5.74) is 6.41. The van der Waals surface area contributed by atoms with Crippen LogP contribution in [0.2, 0.25) is 0 Å². The lowest BCUT2D eigenvalue weighted by Crippen LogP contribution is -2.07. The van der Waals surface area contributed by atoms with Gasteiger partial charge in [-0.05, 0) is 26.0 Å². The highest BCUT2D eigenvalue weighted by Gasteiger charge is 2.13. The van der Waals surface area contributed by atoms with Crippen molar-refractivity contribution >= 4 is 17.7 Å². The Kier molecular flexibility index (Phi) is 4.89. The van der Waals surface area contributed by atoms with Crippen molar-refractivity contribution < 1.29 is 14.3 Å². The molecule has 5 heteroatoms. The van der Waals surface area contributed by atoms with Gasteiger partial charge in [0.15, 0.2) is 0 Å². The summed E-state index contributed by atoms with van der Waals surface area (Å²) in [6, 6.07) is 1.60. The van der Waals surface area contributed by atoms with E-state index in [0.29, 0.717) is 17.6 Å². The number of nitrogens with two attached hydrogens (primary N) is 1. The molecule has 1 heterocycles. The average Bonchev–Trinajstić information content (AvgIpc) is 2.58. The number of thioether (sulfide) groups is 1. The molecule has 0 fully saturated rings. The molecule has 3 N–H and O–H groups in total. The topological polar surface area (TPSA) is 76.5 Å². The van der Waals surface area contributed by atoms with Crippen LogP contribution >= 0.6 is 11.8 Å². The van der Waals surface area contributed by atoms with E-state index in [9.17, 15) is 4.79 Å². The van der Waals surface area contributed by atoms with E-state index in [1.165, 1.54) is 0 Å². The Morgan fingerprint density at radius 1 is 1.69 bits per heavy atom. The fraction of sp³-hybridized carbons (Fsp3) is 0.545. The lowest BCUT2D eigenvalue weighted by Gasteiger charge is -2.08. The van der Waals surface area contributed by atoms with E-state index in [-0.39, 0.29) is 5.76 Å². The second-order valence-corrected chi connectivity index (χ2v) is 5.12. The first-order chi connectivity index (χ1) is 7.54. The molecule has 4 nitrogen and oxygen atoms in total. The van der Waals surface area contributed by atoms with Gasteiger partial charge in [0.2, 0.25) is 5.76 Å². The van der Waals surface area contributed by atoms with Crippen LogP contribution in [0.15, 0.2) is 10.5 Å². The fourth-order valence-electron chi connectivity index (χ4n) is 1.32. The molecule has 0 bridgehead atoms. The molecule has 0 radical (unpaired) electrons. The second kappa shape index (κ2) is 5.96. The maximum Gasteiger partial charge on any atom is 0.371 e. The minimum Gasteiger partial charge on any atom is -0.475 e. The molecule has 1 aromatic rings. The molecule has 0 saturated heterocycles. The monoisotopic (exact) mass is 243 g/mol. The SMILES string of the molecule is Cc1oc(C(=O)O)cc1CSC(C)CCN. The van der Waals surface area contributed by atoms with Crippen molar-refractivity contribution in [2.45, 2.75) is 31.3 Å². The van der Waals surface area contributed by atoms with Gasteiger partial charge in [0, 0.05) is 16.6 Å². The van der Waals surface area contributed by atoms with Gasteiger partial charge in [0.05, 0.1) is 0 Å². The molecule has 0 aliphatic rings. The summed E-state index contributed by atoms with van der Waals surface area (Å²) >= 11 is 1.76. The maximum absolute atomic E-state index is 10.7. The van der Waals surface area contributed by atoms with Gasteiger partial charge in [-0.15, -0.1) is 0 Å². The maximum atomic E-state index is 10.7. The molecule has 0 amide bonds. The van der Waals surface area contributed by atoms with Gasteiger partial charge in [-0.2, -0.15) is 11.8 Å². The first-order valence-electron chi connectivity index (χ1n) is 5.19. The minimum absolute atomic E-state index is 0.0135. The zero-order valence-electron chi connectivity index (χ0n) is 9.53. The average molecular weight is 243 g/mol. The van der Waals surface area contributed by atoms with Crippen molar-refractivity contribution in [2.24, 2.45) is 5.73 Å². The van der Waals surface area contributed by atoms with Crippen LogP contribution in [-0.2, 0) is 5.75 Å². The Morgan fingerprint density at radius 3 is 2.88 bits per heavy atom. The van der Waals surface area contributed by atoms with Gasteiger partial charge in [0.25, 0.3) is 0 Å². The standard InChI is InChI=1S/C11H17NO3S/c1-7(3-4-12)16-6-9-5-10(11(13)14)15-8(9)2/h5,7H,3-4,6,12H2,1-2H3,(H,13,14). The molecule has 16 heavy (non-hydrogen) atoms. The Bertz CT molecular complexity index is 362. The van der Waals surface area contributed by atoms with E-state index in [1.807, 2.05) is 0 Å². The smallest absolute Gasteiger partial charge is 0.371 e. The van der Waals surface area contributed by atoms with Crippen molar-refractivity contribution in [2.75, 3.05) is 6.54 Å². The quantitative estimate of drug-likeness (QED) is 0.801. The third kappa shape index (κ3) is 3.57. The molecule has 1 unspecified atom stereocenters. The van der Waals surface area contributed by atoms with Crippen LogP contribution in [0, 0.1) is 6.92 Å². The molecular weight excluding hydrogens is 226 g/mol. The second-order valence-electron chi connectivity index (χ2n) is 3.70. The normalized spacial score (nSPS) is 12.7. The molecule has 90 valence electrons. The lowest BCUT2D eigenvalue weighted by molar-refractivity contribution is 0.0661. The molecule has 0 aromatic carbocycles. The Hall–Kier alpha value is -0.940. The zero-order valence-corrected chi connectivity index (χ0v) is 10.3. The molecular formula is C11H17NO3S. The number of furan rings is 1. The number of carboxylic acids is 1. The van der Waals surface area contributed by atoms with Crippen LogP contribution in [0.5, 0.6) is 0 Å². The van der Waals surface area contributed by atoms with E-state index in [1.54, 1.807) is 24.8 Å². The first kappa shape index (κ1) is 13.1. The van der Waals surface area contributed by atoms with Crippen molar-refractivity contribution in [3.8, 4) is 0 Å². The van der Waals surface area contributed by atoms with Crippen molar-refractivity contribution in [1.29, 1.82) is 0 Å². The van der Waals surface area contributed by atoms with E-state index in [4.69, 9.17) is 15.3 Å². The van der Waals surface area contributed by atoms with E-state index >= 15 is 0 Å². The highest BCUT2D eigenvalue weighted by molar-refractivity contribution is 7.99. The van der Waals surface area contributed by atoms with Gasteiger partial charge in [-0.3, -0.25) is 0 Å². The Labute approximate surface area is 99.2 Å². The van der Waals surface area contributed by atoms with Crippen LogP contribution in [0.4, 0.5) is 0 Å². The van der Waals surface area contributed by atoms with Crippen LogP contribution in [0.1, 0.15) is 35.2 Å². The van der Waals surface area contributed by atoms with Crippen LogP contribution in [-0.4, -0.2) is 22.9 Å². The highest BCUT2D eigenvalue weighted by atomic mass is 32.2. The van der Waals surface area contributed by atoms with Gasteiger partial charge in [-0.25, -0.2) is 4.79 Å². The molecule has 1 rings (SSSR count). The number of aromatic carboxylic acids is 1. The van der Waals surface area contributed by atoms with Gasteiger partial charge < -0.3 is 15.3 Å². The van der Waals surface area contributed by atoms with Crippen molar-refractivity contribution in [3.63, 3.8) is 0 Å². The van der Waals surface area contributed by atoms with E-state index in [2.05, 4.69) is 6.92 Å². The molecule has 1 atom stereocenters. The summed E-state index contributed by atoms with van der Waals surface area (Å²) < 4.78 is 5.13. The molecule has 0 spiro atoms. The zero-order chi connectivity index (χ0) is 12.1. The van der Waals surface area contributed by atoms with E-state index in [0.717, 1.165) is 17.7 Å². The summed E-state index contributed by atoms with van der Waals surface area (Å²) in [5.74, 6) is 0.447. The van der Waals surface area contributed by atoms with Gasteiger partial charge in [-0.1, -0.05) is 6.92 Å². The third-order valence-corrected chi connectivity index (χ3v) is 3.61. The number of hydrogen-bond acceptors (Lipinski definition) is 4. The van der Waals surface area contributed by atoms with Gasteiger partial charge in [0.1, 0.15) is 5.76 Å². The summed E-state index contributed by atoms with van der Waals surface area (Å²) in [6.45, 7) is 4.58. The molecule has 0 saturated carbocycles. The highest BCUT2D eigenvalue weighted by Crippen LogP contribution is 2.24. The summed E-state index contributed by atoms with van der Waals surface area (Å²) in [5, 5.41) is 9.25. The largest absolute Gasteiger partial charge is 0.475 e. The van der Waals surface area contributed by atoms with Crippen molar-refractivity contribution in [3.05, 3.63) is 23.2 Å². The van der Waals surface area contributed by atoms with Crippen molar-refractivity contribution in [1.82, 2.24) is 0 Å². The number of carboxylic acid groups (broad SMARTS) is 1. The first-order valence-corrected chi connectivity index (χ1v) is 6.23. The Balaban J connectivity index is 2.57. The number of aryl methyl sites for hydroxylation is 1. The van der Waals surface area contributed by atoms with Crippen LogP contribution in [0.25, 0.3) is 0 Å². The molecule has 1 aromatic heterocycles. The summed E-state index contributed by atoms with van der Waals surface area (Å²) in [6.07, 6.45) is 0.966. The van der Waals surface area contributed by atoms with Crippen LogP contribution in [0.3, 0.4) is 0 Å². The number of hydrogen-bond donors (Lipinski definition) is 2. The summed E-state index contributed by atoms with van der Waals surface area (Å²) in [7, 11) is 0. The number of rotatable bonds is 6. The Morgan fingerprint density at radius 2 is 2.38 bits per heavy atom. The predicted octanol–water partition coefficient (Wildman–Crippen LogP) is 2.26. The minimum atomic E-state index is -1.02. The molecule has 0 aliphatic carbocycles. The van der Waals surface area contributed by atoms with Crippen LogP contribution < -0.4 is 5.73 Å². The molecule has 0 aliphatic heterocycles. The summed E-state index contributed by atoms with van der Waals surface area (Å²) in [4.78, 5) is 10.7. The lowest BCUT2D eigenvalue weighted by atomic mass is 10.3.